The molecular weight excluding hydrogens is 379 g/mol. The molecule has 0 atom stereocenters. The maximum Gasteiger partial charge on any atom is 0.199 e. The minimum absolute atomic E-state index is 0.442. The molecule has 0 N–H and O–H groups in total. The number of ether oxygens (including phenoxy) is 1. The normalized spacial score (nSPS) is 15.9. The van der Waals surface area contributed by atoms with Gasteiger partial charge >= 0.3 is 0 Å². The van der Waals surface area contributed by atoms with Gasteiger partial charge in [0.1, 0.15) is 0 Å². The minimum atomic E-state index is 0.442. The summed E-state index contributed by atoms with van der Waals surface area (Å²) in [5, 5.41) is 5.97. The number of aromatic nitrogens is 3. The van der Waals surface area contributed by atoms with Crippen molar-refractivity contribution in [1.29, 1.82) is 0 Å². The molecule has 2 heterocycles. The van der Waals surface area contributed by atoms with E-state index in [0.717, 1.165) is 44.2 Å². The molecule has 1 aliphatic rings. The van der Waals surface area contributed by atoms with Crippen molar-refractivity contribution in [1.82, 2.24) is 19.2 Å². The van der Waals surface area contributed by atoms with Crippen molar-refractivity contribution >= 4 is 35.4 Å². The van der Waals surface area contributed by atoms with Gasteiger partial charge in [0.25, 0.3) is 0 Å². The molecule has 3 rings (SSSR count). The van der Waals surface area contributed by atoms with E-state index in [1.54, 1.807) is 6.07 Å². The Hall–Kier alpha value is -0.920. The maximum absolute atomic E-state index is 6.42. The summed E-state index contributed by atoms with van der Waals surface area (Å²) >= 11 is 18.2. The van der Waals surface area contributed by atoms with E-state index in [1.165, 1.54) is 0 Å². The van der Waals surface area contributed by atoms with Crippen LogP contribution in [0.2, 0.25) is 10.0 Å². The van der Waals surface area contributed by atoms with Crippen LogP contribution >= 0.6 is 35.4 Å². The molecule has 0 bridgehead atoms. The van der Waals surface area contributed by atoms with E-state index in [9.17, 15) is 0 Å². The molecule has 1 saturated heterocycles. The van der Waals surface area contributed by atoms with Crippen molar-refractivity contribution in [3.05, 3.63) is 33.0 Å². The van der Waals surface area contributed by atoms with Crippen LogP contribution in [0.5, 0.6) is 0 Å². The van der Waals surface area contributed by atoms with Crippen LogP contribution in [0.4, 0.5) is 0 Å². The Bertz CT molecular complexity index is 796. The Kier molecular flexibility index (Phi) is 6.17. The first-order valence-corrected chi connectivity index (χ1v) is 9.55. The Morgan fingerprint density at radius 1 is 1.24 bits per heavy atom. The second-order valence-electron chi connectivity index (χ2n) is 6.61. The topological polar surface area (TPSA) is 35.2 Å². The Balaban J connectivity index is 2.00. The van der Waals surface area contributed by atoms with Crippen LogP contribution in [0.15, 0.2) is 18.2 Å². The molecule has 0 unspecified atom stereocenters. The van der Waals surface area contributed by atoms with Crippen LogP contribution in [0.1, 0.15) is 13.8 Å². The second kappa shape index (κ2) is 8.18. The molecule has 1 aromatic heterocycles. The highest BCUT2D eigenvalue weighted by Gasteiger charge is 2.19. The molecule has 0 aliphatic carbocycles. The third-order valence-electron chi connectivity index (χ3n) is 4.08. The average Bonchev–Trinajstić information content (AvgIpc) is 2.85. The zero-order valence-corrected chi connectivity index (χ0v) is 16.7. The summed E-state index contributed by atoms with van der Waals surface area (Å²) in [6.45, 7) is 9.03. The third kappa shape index (κ3) is 4.44. The van der Waals surface area contributed by atoms with Crippen LogP contribution in [0.25, 0.3) is 11.4 Å². The van der Waals surface area contributed by atoms with Crippen molar-refractivity contribution in [2.45, 2.75) is 27.1 Å². The van der Waals surface area contributed by atoms with Crippen molar-refractivity contribution in [2.24, 2.45) is 5.92 Å². The number of rotatable bonds is 5. The largest absolute Gasteiger partial charge is 0.379 e. The molecule has 25 heavy (non-hydrogen) atoms. The summed E-state index contributed by atoms with van der Waals surface area (Å²) in [5.41, 5.74) is 0.846. The van der Waals surface area contributed by atoms with Gasteiger partial charge in [0.05, 0.1) is 24.9 Å². The van der Waals surface area contributed by atoms with Gasteiger partial charge in [-0.2, -0.15) is 5.10 Å². The smallest absolute Gasteiger partial charge is 0.199 e. The van der Waals surface area contributed by atoms with E-state index in [2.05, 4.69) is 23.3 Å². The predicted octanol–water partition coefficient (Wildman–Crippen LogP) is 4.33. The van der Waals surface area contributed by atoms with E-state index in [4.69, 9.17) is 45.3 Å². The first-order chi connectivity index (χ1) is 12.0. The van der Waals surface area contributed by atoms with Crippen molar-refractivity contribution < 1.29 is 4.74 Å². The lowest BCUT2D eigenvalue weighted by Crippen LogP contribution is -2.37. The average molecular weight is 401 g/mol. The molecule has 5 nitrogen and oxygen atoms in total. The van der Waals surface area contributed by atoms with Gasteiger partial charge in [0.15, 0.2) is 10.6 Å². The van der Waals surface area contributed by atoms with E-state index >= 15 is 0 Å². The fourth-order valence-corrected chi connectivity index (χ4v) is 3.62. The first kappa shape index (κ1) is 18.9. The molecule has 0 radical (unpaired) electrons. The van der Waals surface area contributed by atoms with Crippen LogP contribution in [0, 0.1) is 10.7 Å². The zero-order valence-electron chi connectivity index (χ0n) is 14.4. The standard InChI is InChI=1S/C17H22Cl2N4OS/c1-12(2)10-22-16(14-4-3-13(18)9-15(14)19)20-23(17(22)25)11-21-5-7-24-8-6-21/h3-4,9,12H,5-8,10-11H2,1-2H3. The molecule has 136 valence electrons. The molecule has 0 spiro atoms. The molecule has 1 aliphatic heterocycles. The SMILES string of the molecule is CC(C)Cn1c(-c2ccc(Cl)cc2Cl)nn(CN2CCOCC2)c1=S. The first-order valence-electron chi connectivity index (χ1n) is 8.39. The molecule has 2 aromatic rings. The van der Waals surface area contributed by atoms with Crippen LogP contribution in [0.3, 0.4) is 0 Å². The lowest BCUT2D eigenvalue weighted by Gasteiger charge is -2.26. The highest BCUT2D eigenvalue weighted by Crippen LogP contribution is 2.30. The van der Waals surface area contributed by atoms with Gasteiger partial charge in [0, 0.05) is 30.2 Å². The summed E-state index contributed by atoms with van der Waals surface area (Å²) in [7, 11) is 0. The van der Waals surface area contributed by atoms with Gasteiger partial charge in [-0.25, -0.2) is 4.68 Å². The number of nitrogens with zero attached hydrogens (tertiary/aromatic N) is 4. The van der Waals surface area contributed by atoms with E-state index < -0.39 is 0 Å². The Morgan fingerprint density at radius 3 is 2.60 bits per heavy atom. The summed E-state index contributed by atoms with van der Waals surface area (Å²) in [6, 6.07) is 5.46. The van der Waals surface area contributed by atoms with Gasteiger partial charge in [-0.3, -0.25) is 9.47 Å². The highest BCUT2D eigenvalue weighted by molar-refractivity contribution is 7.71. The molecular formula is C17H22Cl2N4OS. The van der Waals surface area contributed by atoms with E-state index in [1.807, 2.05) is 16.8 Å². The molecule has 0 amide bonds. The van der Waals surface area contributed by atoms with Gasteiger partial charge in [0.2, 0.25) is 0 Å². The lowest BCUT2D eigenvalue weighted by molar-refractivity contribution is 0.0209. The van der Waals surface area contributed by atoms with Gasteiger partial charge in [-0.15, -0.1) is 0 Å². The van der Waals surface area contributed by atoms with E-state index in [0.29, 0.717) is 27.4 Å². The van der Waals surface area contributed by atoms with Crippen LogP contribution < -0.4 is 0 Å². The summed E-state index contributed by atoms with van der Waals surface area (Å²) in [5.74, 6) is 1.23. The second-order valence-corrected chi connectivity index (χ2v) is 7.81. The van der Waals surface area contributed by atoms with Gasteiger partial charge in [-0.1, -0.05) is 37.0 Å². The Labute approximate surface area is 163 Å². The molecule has 1 aromatic carbocycles. The van der Waals surface area contributed by atoms with Crippen molar-refractivity contribution in [2.75, 3.05) is 26.3 Å². The van der Waals surface area contributed by atoms with Crippen molar-refractivity contribution in [3.63, 3.8) is 0 Å². The third-order valence-corrected chi connectivity index (χ3v) is 5.06. The fourth-order valence-electron chi connectivity index (χ4n) is 2.86. The lowest BCUT2D eigenvalue weighted by atomic mass is 10.2. The van der Waals surface area contributed by atoms with Crippen LogP contribution in [-0.4, -0.2) is 45.6 Å². The minimum Gasteiger partial charge on any atom is -0.379 e. The number of hydrogen-bond acceptors (Lipinski definition) is 4. The summed E-state index contributed by atoms with van der Waals surface area (Å²) in [4.78, 5) is 2.29. The molecule has 0 saturated carbocycles. The zero-order chi connectivity index (χ0) is 18.0. The molecule has 8 heteroatoms. The van der Waals surface area contributed by atoms with Crippen molar-refractivity contribution in [3.8, 4) is 11.4 Å². The quantitative estimate of drug-likeness (QED) is 0.699. The fraction of sp³-hybridized carbons (Fsp3) is 0.529. The maximum atomic E-state index is 6.42. The van der Waals surface area contributed by atoms with Crippen LogP contribution in [-0.2, 0) is 18.0 Å². The monoisotopic (exact) mass is 400 g/mol. The number of hydrogen-bond donors (Lipinski definition) is 0. The van der Waals surface area contributed by atoms with E-state index in [-0.39, 0.29) is 0 Å². The Morgan fingerprint density at radius 2 is 1.96 bits per heavy atom. The molecule has 1 fully saturated rings. The summed E-state index contributed by atoms with van der Waals surface area (Å²) in [6.07, 6.45) is 0. The summed E-state index contributed by atoms with van der Waals surface area (Å²) < 4.78 is 10.1. The number of morpholine rings is 1. The van der Waals surface area contributed by atoms with Gasteiger partial charge in [-0.05, 0) is 36.3 Å². The van der Waals surface area contributed by atoms with Gasteiger partial charge < -0.3 is 4.74 Å². The highest BCUT2D eigenvalue weighted by atomic mass is 35.5. The number of benzene rings is 1. The predicted molar refractivity (Wildman–Crippen MR) is 104 cm³/mol. The number of halogens is 2.